The third kappa shape index (κ3) is 7.41. The monoisotopic (exact) mass is 499 g/mol. The first-order valence-electron chi connectivity index (χ1n) is 11.6. The topological polar surface area (TPSA) is 103 Å². The molecule has 0 saturated carbocycles. The number of carbonyl (C=O) groups excluding carboxylic acids is 1. The Kier molecular flexibility index (Phi) is 9.63. The maximum Gasteiger partial charge on any atom is 0.340 e. The van der Waals surface area contributed by atoms with Gasteiger partial charge in [-0.2, -0.15) is 0 Å². The number of halogens is 1. The average molecular weight is 500 g/mol. The Morgan fingerprint density at radius 1 is 1.00 bits per heavy atom. The van der Waals surface area contributed by atoms with Crippen molar-refractivity contribution in [3.63, 3.8) is 0 Å². The lowest BCUT2D eigenvalue weighted by Crippen LogP contribution is -2.40. The lowest BCUT2D eigenvalue weighted by atomic mass is 10.00. The Balaban J connectivity index is 0.000000540. The van der Waals surface area contributed by atoms with Gasteiger partial charge in [0.15, 0.2) is 5.75 Å². The summed E-state index contributed by atoms with van der Waals surface area (Å²) in [5.41, 5.74) is 0.549. The number of fused-ring (bicyclic) bond motifs is 1. The third-order valence-corrected chi connectivity index (χ3v) is 5.64. The Labute approximate surface area is 211 Å². The van der Waals surface area contributed by atoms with E-state index in [2.05, 4.69) is 36.0 Å². The van der Waals surface area contributed by atoms with Crippen molar-refractivity contribution in [2.24, 2.45) is 0 Å². The summed E-state index contributed by atoms with van der Waals surface area (Å²) in [5, 5.41) is 23.8. The van der Waals surface area contributed by atoms with Crippen molar-refractivity contribution in [2.75, 3.05) is 19.6 Å². The van der Waals surface area contributed by atoms with Crippen LogP contribution >= 0.6 is 11.6 Å². The molecule has 1 aromatic heterocycles. The molecule has 0 unspecified atom stereocenters. The van der Waals surface area contributed by atoms with E-state index in [1.54, 1.807) is 36.4 Å². The highest BCUT2D eigenvalue weighted by Crippen LogP contribution is 2.36. The summed E-state index contributed by atoms with van der Waals surface area (Å²) >= 11 is 5.89. The molecular weight excluding hydrogens is 466 g/mol. The summed E-state index contributed by atoms with van der Waals surface area (Å²) < 4.78 is 0. The Hall–Kier alpha value is -3.16. The Bertz CT molecular complexity index is 1180. The van der Waals surface area contributed by atoms with Gasteiger partial charge in [-0.25, -0.2) is 9.78 Å². The van der Waals surface area contributed by atoms with Gasteiger partial charge in [0, 0.05) is 27.1 Å². The van der Waals surface area contributed by atoms with Gasteiger partial charge >= 0.3 is 5.97 Å². The van der Waals surface area contributed by atoms with Crippen molar-refractivity contribution < 1.29 is 19.8 Å². The molecule has 3 aromatic rings. The molecule has 35 heavy (non-hydrogen) atoms. The van der Waals surface area contributed by atoms with Crippen molar-refractivity contribution in [2.45, 2.75) is 47.1 Å². The van der Waals surface area contributed by atoms with Crippen LogP contribution in [0.25, 0.3) is 22.2 Å². The first-order valence-corrected chi connectivity index (χ1v) is 12.0. The van der Waals surface area contributed by atoms with E-state index in [0.29, 0.717) is 16.1 Å². The highest BCUT2D eigenvalue weighted by atomic mass is 35.5. The summed E-state index contributed by atoms with van der Waals surface area (Å²) in [7, 11) is 0. The number of carboxylic acids is 1. The van der Waals surface area contributed by atoms with Gasteiger partial charge in [-0.3, -0.25) is 4.79 Å². The number of nitrogens with zero attached hydrogens (tertiary/aromatic N) is 2. The molecule has 3 rings (SSSR count). The molecule has 188 valence electrons. The maximum absolute atomic E-state index is 12.4. The summed E-state index contributed by atoms with van der Waals surface area (Å²) in [6, 6.07) is 11.1. The highest BCUT2D eigenvalue weighted by Gasteiger charge is 2.23. The zero-order chi connectivity index (χ0) is 26.3. The summed E-state index contributed by atoms with van der Waals surface area (Å²) in [5.74, 6) is -2.11. The second-order valence-electron chi connectivity index (χ2n) is 9.05. The maximum atomic E-state index is 12.4. The summed E-state index contributed by atoms with van der Waals surface area (Å²) in [4.78, 5) is 31.1. The molecule has 0 aliphatic rings. The fourth-order valence-electron chi connectivity index (χ4n) is 3.50. The van der Waals surface area contributed by atoms with E-state index in [4.69, 9.17) is 11.6 Å². The number of aromatic carboxylic acids is 1. The summed E-state index contributed by atoms with van der Waals surface area (Å²) in [6.45, 7) is 15.7. The lowest BCUT2D eigenvalue weighted by Gasteiger charge is -2.20. The largest absolute Gasteiger partial charge is 0.505 e. The SMILES string of the molecule is CC(C)(C)NC(=O)c1ccc2nc(-c3ccc(Cl)cc3)c(O)c(C(=O)O)c2c1.CCN(CC)CC. The molecule has 1 heterocycles. The van der Waals surface area contributed by atoms with E-state index in [1.807, 2.05) is 20.8 Å². The van der Waals surface area contributed by atoms with Gasteiger partial charge in [0.1, 0.15) is 11.3 Å². The van der Waals surface area contributed by atoms with Gasteiger partial charge in [0.2, 0.25) is 0 Å². The van der Waals surface area contributed by atoms with E-state index in [-0.39, 0.29) is 28.1 Å². The second-order valence-corrected chi connectivity index (χ2v) is 9.49. The van der Waals surface area contributed by atoms with Crippen molar-refractivity contribution >= 4 is 34.4 Å². The fraction of sp³-hybridized carbons (Fsp3) is 0.370. The minimum Gasteiger partial charge on any atom is -0.505 e. The first kappa shape index (κ1) is 28.1. The molecule has 0 bridgehead atoms. The first-order chi connectivity index (χ1) is 16.4. The zero-order valence-electron chi connectivity index (χ0n) is 21.1. The number of nitrogens with one attached hydrogen (secondary N) is 1. The number of hydrogen-bond donors (Lipinski definition) is 3. The number of hydrogen-bond acceptors (Lipinski definition) is 5. The predicted octanol–water partition coefficient (Wildman–Crippen LogP) is 5.84. The van der Waals surface area contributed by atoms with E-state index >= 15 is 0 Å². The van der Waals surface area contributed by atoms with Gasteiger partial charge in [-0.15, -0.1) is 0 Å². The van der Waals surface area contributed by atoms with Crippen LogP contribution in [0.1, 0.15) is 62.3 Å². The molecule has 0 aliphatic heterocycles. The smallest absolute Gasteiger partial charge is 0.340 e. The normalized spacial score (nSPS) is 11.2. The number of carboxylic acid groups (broad SMARTS) is 1. The van der Waals surface area contributed by atoms with Crippen LogP contribution in [-0.2, 0) is 0 Å². The van der Waals surface area contributed by atoms with Crippen molar-refractivity contribution in [1.82, 2.24) is 15.2 Å². The van der Waals surface area contributed by atoms with E-state index < -0.39 is 17.3 Å². The van der Waals surface area contributed by atoms with Crippen LogP contribution in [0.15, 0.2) is 42.5 Å². The van der Waals surface area contributed by atoms with E-state index in [1.165, 1.54) is 25.7 Å². The molecule has 0 aliphatic carbocycles. The summed E-state index contributed by atoms with van der Waals surface area (Å²) in [6.07, 6.45) is 0. The highest BCUT2D eigenvalue weighted by molar-refractivity contribution is 6.30. The van der Waals surface area contributed by atoms with Gasteiger partial charge in [0.25, 0.3) is 5.91 Å². The zero-order valence-corrected chi connectivity index (χ0v) is 21.9. The molecule has 2 aromatic carbocycles. The second kappa shape index (κ2) is 12.0. The number of aromatic hydroxyl groups is 1. The average Bonchev–Trinajstić information content (AvgIpc) is 2.79. The standard InChI is InChI=1S/C21H19ClN2O4.C6H15N/c1-21(2,3)24-19(26)12-6-9-15-14(10-12)16(20(27)28)18(25)17(23-15)11-4-7-13(22)8-5-11;1-4-7(5-2)6-3/h4-10,25H,1-3H3,(H,24,26)(H,27,28);4-6H2,1-3H3. The number of carbonyl (C=O) groups is 2. The fourth-order valence-corrected chi connectivity index (χ4v) is 3.63. The van der Waals surface area contributed by atoms with E-state index in [9.17, 15) is 19.8 Å². The molecule has 7 nitrogen and oxygen atoms in total. The van der Waals surface area contributed by atoms with Crippen molar-refractivity contribution in [3.05, 3.63) is 58.6 Å². The van der Waals surface area contributed by atoms with Crippen LogP contribution < -0.4 is 5.32 Å². The molecular formula is C27H34ClN3O4. The van der Waals surface area contributed by atoms with Gasteiger partial charge in [-0.1, -0.05) is 44.5 Å². The number of amides is 1. The van der Waals surface area contributed by atoms with Crippen molar-refractivity contribution in [3.8, 4) is 17.0 Å². The van der Waals surface area contributed by atoms with Crippen LogP contribution in [0.2, 0.25) is 5.02 Å². The molecule has 8 heteroatoms. The number of pyridine rings is 1. The molecule has 3 N–H and O–H groups in total. The molecule has 0 atom stereocenters. The van der Waals surface area contributed by atoms with Crippen LogP contribution in [0.4, 0.5) is 0 Å². The van der Waals surface area contributed by atoms with Crippen LogP contribution in [0.5, 0.6) is 5.75 Å². The minimum absolute atomic E-state index is 0.133. The predicted molar refractivity (Wildman–Crippen MR) is 141 cm³/mol. The van der Waals surface area contributed by atoms with Gasteiger partial charge in [0.05, 0.1) is 5.52 Å². The van der Waals surface area contributed by atoms with Crippen molar-refractivity contribution in [1.29, 1.82) is 0 Å². The lowest BCUT2D eigenvalue weighted by molar-refractivity contribution is 0.0695. The van der Waals surface area contributed by atoms with E-state index in [0.717, 1.165) is 0 Å². The van der Waals surface area contributed by atoms with Gasteiger partial charge < -0.3 is 20.4 Å². The molecule has 0 fully saturated rings. The number of benzene rings is 2. The quantitative estimate of drug-likeness (QED) is 0.394. The van der Waals surface area contributed by atoms with Crippen LogP contribution in [-0.4, -0.2) is 57.1 Å². The molecule has 0 spiro atoms. The Morgan fingerprint density at radius 2 is 1.57 bits per heavy atom. The third-order valence-electron chi connectivity index (χ3n) is 5.38. The van der Waals surface area contributed by atoms with Crippen LogP contribution in [0, 0.1) is 0 Å². The minimum atomic E-state index is -1.31. The Morgan fingerprint density at radius 3 is 2.03 bits per heavy atom. The number of rotatable bonds is 6. The van der Waals surface area contributed by atoms with Gasteiger partial charge in [-0.05, 0) is 70.7 Å². The molecule has 0 saturated heterocycles. The molecule has 1 amide bonds. The van der Waals surface area contributed by atoms with Crippen LogP contribution in [0.3, 0.4) is 0 Å². The number of aromatic nitrogens is 1. The molecule has 0 radical (unpaired) electrons.